The van der Waals surface area contributed by atoms with Crippen molar-refractivity contribution in [1.29, 1.82) is 0 Å². The molecule has 0 aromatic heterocycles. The first-order valence-electron chi connectivity index (χ1n) is 6.03. The molecule has 102 valence electrons. The Labute approximate surface area is 115 Å². The summed E-state index contributed by atoms with van der Waals surface area (Å²) in [6.45, 7) is 0.582. The van der Waals surface area contributed by atoms with Crippen molar-refractivity contribution in [3.8, 4) is 0 Å². The predicted octanol–water partition coefficient (Wildman–Crippen LogP) is 2.55. The fourth-order valence-corrected chi connectivity index (χ4v) is 2.14. The van der Waals surface area contributed by atoms with E-state index in [0.29, 0.717) is 18.7 Å². The molecule has 2 rings (SSSR count). The van der Waals surface area contributed by atoms with Crippen molar-refractivity contribution in [3.63, 3.8) is 0 Å². The van der Waals surface area contributed by atoms with Gasteiger partial charge in [0.05, 0.1) is 10.6 Å². The van der Waals surface area contributed by atoms with Gasteiger partial charge in [0.1, 0.15) is 6.10 Å². The first-order valence-corrected chi connectivity index (χ1v) is 6.41. The molecule has 1 atom stereocenters. The number of rotatable bonds is 3. The first-order chi connectivity index (χ1) is 9.08. The average molecular weight is 284 g/mol. The minimum absolute atomic E-state index is 0.0379. The maximum Gasteiger partial charge on any atom is 0.337 e. The molecule has 1 fully saturated rings. The van der Waals surface area contributed by atoms with Crippen LogP contribution >= 0.6 is 11.6 Å². The van der Waals surface area contributed by atoms with Gasteiger partial charge >= 0.3 is 5.97 Å². The highest BCUT2D eigenvalue weighted by Crippen LogP contribution is 2.21. The largest absolute Gasteiger partial charge is 0.478 e. The molecule has 1 aliphatic rings. The Balaban J connectivity index is 2.08. The van der Waals surface area contributed by atoms with Crippen LogP contribution in [0.4, 0.5) is 5.69 Å². The number of nitrogens with one attached hydrogen (secondary N) is 1. The van der Waals surface area contributed by atoms with E-state index in [0.717, 1.165) is 12.8 Å². The Kier molecular flexibility index (Phi) is 4.39. The molecule has 0 bridgehead atoms. The highest BCUT2D eigenvalue weighted by atomic mass is 35.5. The van der Waals surface area contributed by atoms with Gasteiger partial charge < -0.3 is 15.2 Å². The van der Waals surface area contributed by atoms with Gasteiger partial charge in [0, 0.05) is 12.3 Å². The van der Waals surface area contributed by atoms with Crippen molar-refractivity contribution in [2.75, 3.05) is 11.9 Å². The summed E-state index contributed by atoms with van der Waals surface area (Å²) in [5, 5.41) is 11.7. The minimum Gasteiger partial charge on any atom is -0.478 e. The highest BCUT2D eigenvalue weighted by Gasteiger charge is 2.22. The summed E-state index contributed by atoms with van der Waals surface area (Å²) in [5.41, 5.74) is 0.366. The number of benzene rings is 1. The minimum atomic E-state index is -1.13. The monoisotopic (exact) mass is 283 g/mol. The number of hydrogen-bond donors (Lipinski definition) is 2. The summed E-state index contributed by atoms with van der Waals surface area (Å²) in [6.07, 6.45) is 2.15. The third-order valence-electron chi connectivity index (χ3n) is 2.94. The Morgan fingerprint density at radius 2 is 2.16 bits per heavy atom. The summed E-state index contributed by atoms with van der Waals surface area (Å²) in [7, 11) is 0. The molecule has 2 N–H and O–H groups in total. The van der Waals surface area contributed by atoms with Crippen LogP contribution in [0, 0.1) is 0 Å². The molecule has 1 aromatic rings. The molecule has 1 unspecified atom stereocenters. The van der Waals surface area contributed by atoms with Crippen LogP contribution in [-0.2, 0) is 9.53 Å². The molecule has 6 heteroatoms. The lowest BCUT2D eigenvalue weighted by molar-refractivity contribution is -0.129. The van der Waals surface area contributed by atoms with Gasteiger partial charge in [-0.05, 0) is 37.5 Å². The van der Waals surface area contributed by atoms with Crippen LogP contribution in [0.25, 0.3) is 0 Å². The van der Waals surface area contributed by atoms with Crippen molar-refractivity contribution < 1.29 is 19.4 Å². The fraction of sp³-hybridized carbons (Fsp3) is 0.385. The van der Waals surface area contributed by atoms with Gasteiger partial charge in [-0.3, -0.25) is 4.79 Å². The number of carbonyl (C=O) groups excluding carboxylic acids is 1. The van der Waals surface area contributed by atoms with E-state index in [1.807, 2.05) is 0 Å². The van der Waals surface area contributed by atoms with Gasteiger partial charge in [-0.25, -0.2) is 4.79 Å². The Morgan fingerprint density at radius 1 is 1.37 bits per heavy atom. The molecule has 1 aliphatic heterocycles. The molecular weight excluding hydrogens is 270 g/mol. The second-order valence-corrected chi connectivity index (χ2v) is 4.75. The molecule has 0 spiro atoms. The number of ether oxygens (including phenoxy) is 1. The number of aromatic carboxylic acids is 1. The van der Waals surface area contributed by atoms with E-state index in [1.165, 1.54) is 12.1 Å². The van der Waals surface area contributed by atoms with Crippen LogP contribution in [0.5, 0.6) is 0 Å². The smallest absolute Gasteiger partial charge is 0.337 e. The number of carbonyl (C=O) groups is 2. The van der Waals surface area contributed by atoms with Crippen LogP contribution in [-0.4, -0.2) is 29.7 Å². The van der Waals surface area contributed by atoms with E-state index in [-0.39, 0.29) is 16.5 Å². The van der Waals surface area contributed by atoms with Crippen molar-refractivity contribution in [1.82, 2.24) is 0 Å². The number of halogens is 1. The topological polar surface area (TPSA) is 75.6 Å². The lowest BCUT2D eigenvalue weighted by Gasteiger charge is -2.21. The van der Waals surface area contributed by atoms with Crippen LogP contribution in [0.15, 0.2) is 18.2 Å². The molecular formula is C13H14ClNO4. The number of carboxylic acid groups (broad SMARTS) is 1. The van der Waals surface area contributed by atoms with E-state index < -0.39 is 12.1 Å². The molecule has 5 nitrogen and oxygen atoms in total. The second kappa shape index (κ2) is 6.04. The third-order valence-corrected chi connectivity index (χ3v) is 3.27. The zero-order chi connectivity index (χ0) is 13.8. The summed E-state index contributed by atoms with van der Waals surface area (Å²) in [6, 6.07) is 4.35. The quantitative estimate of drug-likeness (QED) is 0.894. The number of hydrogen-bond acceptors (Lipinski definition) is 3. The van der Waals surface area contributed by atoms with Crippen molar-refractivity contribution in [2.24, 2.45) is 0 Å². The maximum atomic E-state index is 11.9. The molecule has 0 radical (unpaired) electrons. The predicted molar refractivity (Wildman–Crippen MR) is 70.6 cm³/mol. The summed E-state index contributed by atoms with van der Waals surface area (Å²) in [5.74, 6) is -1.38. The molecule has 19 heavy (non-hydrogen) atoms. The van der Waals surface area contributed by atoms with E-state index in [1.54, 1.807) is 6.07 Å². The lowest BCUT2D eigenvalue weighted by Crippen LogP contribution is -2.33. The van der Waals surface area contributed by atoms with E-state index in [2.05, 4.69) is 5.32 Å². The number of amides is 1. The molecule has 1 aromatic carbocycles. The van der Waals surface area contributed by atoms with Crippen LogP contribution < -0.4 is 5.32 Å². The Morgan fingerprint density at radius 3 is 2.79 bits per heavy atom. The summed E-state index contributed by atoms with van der Waals surface area (Å²) in [4.78, 5) is 22.9. The summed E-state index contributed by atoms with van der Waals surface area (Å²) >= 11 is 5.76. The SMILES string of the molecule is O=C(O)c1cc(NC(=O)C2CCCCO2)ccc1Cl. The van der Waals surface area contributed by atoms with Gasteiger partial charge in [0.2, 0.25) is 0 Å². The molecule has 0 aliphatic carbocycles. The van der Waals surface area contributed by atoms with Gasteiger partial charge in [0.15, 0.2) is 0 Å². The summed E-state index contributed by atoms with van der Waals surface area (Å²) < 4.78 is 5.36. The normalized spacial score (nSPS) is 18.9. The lowest BCUT2D eigenvalue weighted by atomic mass is 10.1. The zero-order valence-electron chi connectivity index (χ0n) is 10.2. The van der Waals surface area contributed by atoms with Crippen molar-refractivity contribution >= 4 is 29.2 Å². The van der Waals surface area contributed by atoms with E-state index in [4.69, 9.17) is 21.4 Å². The average Bonchev–Trinajstić information content (AvgIpc) is 2.41. The third kappa shape index (κ3) is 3.45. The zero-order valence-corrected chi connectivity index (χ0v) is 10.9. The molecule has 1 amide bonds. The fourth-order valence-electron chi connectivity index (χ4n) is 1.94. The van der Waals surface area contributed by atoms with Crippen molar-refractivity contribution in [2.45, 2.75) is 25.4 Å². The number of carboxylic acids is 1. The second-order valence-electron chi connectivity index (χ2n) is 4.34. The molecule has 0 saturated carbocycles. The van der Waals surface area contributed by atoms with Crippen LogP contribution in [0.3, 0.4) is 0 Å². The maximum absolute atomic E-state index is 11.9. The van der Waals surface area contributed by atoms with Crippen molar-refractivity contribution in [3.05, 3.63) is 28.8 Å². The number of anilines is 1. The van der Waals surface area contributed by atoms with Gasteiger partial charge in [0.25, 0.3) is 5.91 Å². The Hall–Kier alpha value is -1.59. The van der Waals surface area contributed by atoms with E-state index in [9.17, 15) is 9.59 Å². The highest BCUT2D eigenvalue weighted by molar-refractivity contribution is 6.33. The van der Waals surface area contributed by atoms with Gasteiger partial charge in [-0.2, -0.15) is 0 Å². The first kappa shape index (κ1) is 13.8. The standard InChI is InChI=1S/C13H14ClNO4/c14-10-5-4-8(7-9(10)13(17)18)15-12(16)11-3-1-2-6-19-11/h4-5,7,11H,1-3,6H2,(H,15,16)(H,17,18). The van der Waals surface area contributed by atoms with Crippen LogP contribution in [0.2, 0.25) is 5.02 Å². The molecule has 1 saturated heterocycles. The van der Waals surface area contributed by atoms with E-state index >= 15 is 0 Å². The Bertz CT molecular complexity index is 497. The molecule has 1 heterocycles. The van der Waals surface area contributed by atoms with Gasteiger partial charge in [-0.1, -0.05) is 11.6 Å². The van der Waals surface area contributed by atoms with Gasteiger partial charge in [-0.15, -0.1) is 0 Å². The van der Waals surface area contributed by atoms with Crippen LogP contribution in [0.1, 0.15) is 29.6 Å².